The van der Waals surface area contributed by atoms with E-state index < -0.39 is 4.92 Å². The van der Waals surface area contributed by atoms with Gasteiger partial charge in [-0.2, -0.15) is 0 Å². The highest BCUT2D eigenvalue weighted by Crippen LogP contribution is 2.23. The van der Waals surface area contributed by atoms with Crippen LogP contribution >= 0.6 is 0 Å². The normalized spacial score (nSPS) is 11.9. The van der Waals surface area contributed by atoms with Crippen molar-refractivity contribution in [2.45, 2.75) is 19.9 Å². The van der Waals surface area contributed by atoms with Crippen LogP contribution in [0.5, 0.6) is 0 Å². The van der Waals surface area contributed by atoms with Crippen LogP contribution in [0.4, 0.5) is 5.69 Å². The lowest BCUT2D eigenvalue weighted by atomic mass is 10.1. The molecule has 1 unspecified atom stereocenters. The molecule has 98 valence electrons. The van der Waals surface area contributed by atoms with Crippen molar-refractivity contribution in [3.63, 3.8) is 0 Å². The van der Waals surface area contributed by atoms with E-state index >= 15 is 0 Å². The lowest BCUT2D eigenvalue weighted by Gasteiger charge is -2.13. The molecule has 1 amide bonds. The summed E-state index contributed by atoms with van der Waals surface area (Å²) in [5.74, 6) is -0.122. The van der Waals surface area contributed by atoms with Gasteiger partial charge < -0.3 is 10.6 Å². The first-order valence-electron chi connectivity index (χ1n) is 5.79. The number of para-hydroxylation sites is 1. The van der Waals surface area contributed by atoms with E-state index in [0.29, 0.717) is 12.1 Å². The Kier molecular flexibility index (Phi) is 5.26. The maximum atomic E-state index is 11.3. The number of hydrogen-bond donors (Lipinski definition) is 2. The van der Waals surface area contributed by atoms with Crippen LogP contribution in [0.1, 0.15) is 25.5 Å². The van der Waals surface area contributed by atoms with E-state index in [1.54, 1.807) is 25.1 Å². The summed E-state index contributed by atoms with van der Waals surface area (Å²) in [6, 6.07) is 6.26. The molecule has 0 aliphatic carbocycles. The van der Waals surface area contributed by atoms with Gasteiger partial charge in [-0.15, -0.1) is 0 Å². The Bertz CT molecular complexity index is 434. The zero-order chi connectivity index (χ0) is 13.5. The first kappa shape index (κ1) is 14.1. The van der Waals surface area contributed by atoms with Crippen LogP contribution < -0.4 is 10.6 Å². The first-order valence-corrected chi connectivity index (χ1v) is 5.79. The largest absolute Gasteiger partial charge is 0.355 e. The fraction of sp³-hybridized carbons (Fsp3) is 0.417. The number of amides is 1. The summed E-state index contributed by atoms with van der Waals surface area (Å²) in [7, 11) is 0. The predicted molar refractivity (Wildman–Crippen MR) is 68.2 cm³/mol. The number of nitrogens with one attached hydrogen (secondary N) is 2. The van der Waals surface area contributed by atoms with Gasteiger partial charge in [-0.3, -0.25) is 14.9 Å². The van der Waals surface area contributed by atoms with Gasteiger partial charge in [0, 0.05) is 24.2 Å². The van der Waals surface area contributed by atoms with E-state index in [-0.39, 0.29) is 24.2 Å². The quantitative estimate of drug-likeness (QED) is 0.591. The van der Waals surface area contributed by atoms with Crippen molar-refractivity contribution < 1.29 is 9.72 Å². The number of nitrogens with zero attached hydrogens (tertiary/aromatic N) is 1. The molecule has 0 spiro atoms. The molecule has 6 heteroatoms. The predicted octanol–water partition coefficient (Wildman–Crippen LogP) is 1.38. The number of rotatable bonds is 6. The number of hydrogen-bond acceptors (Lipinski definition) is 4. The molecule has 0 aliphatic rings. The van der Waals surface area contributed by atoms with Crippen molar-refractivity contribution in [1.29, 1.82) is 0 Å². The molecule has 0 aromatic heterocycles. The smallest absolute Gasteiger partial charge is 0.274 e. The SMILES string of the molecule is CCNC(=O)CNC(C)c1ccccc1[N+](=O)[O-]. The Morgan fingerprint density at radius 2 is 2.11 bits per heavy atom. The standard InChI is InChI=1S/C12H17N3O3/c1-3-13-12(16)8-14-9(2)10-6-4-5-7-11(10)15(17)18/h4-7,9,14H,3,8H2,1-2H3,(H,13,16). The Balaban J connectivity index is 2.69. The number of carbonyl (C=O) groups is 1. The molecule has 1 rings (SSSR count). The van der Waals surface area contributed by atoms with Crippen LogP contribution in [0.3, 0.4) is 0 Å². The van der Waals surface area contributed by atoms with E-state index in [2.05, 4.69) is 10.6 Å². The van der Waals surface area contributed by atoms with E-state index in [9.17, 15) is 14.9 Å². The Labute approximate surface area is 106 Å². The fourth-order valence-corrected chi connectivity index (χ4v) is 1.64. The number of nitro groups is 1. The molecule has 18 heavy (non-hydrogen) atoms. The maximum absolute atomic E-state index is 11.3. The van der Waals surface area contributed by atoms with Crippen molar-refractivity contribution in [2.24, 2.45) is 0 Å². The molecule has 0 saturated heterocycles. The molecule has 1 aromatic rings. The molecule has 0 heterocycles. The average molecular weight is 251 g/mol. The van der Waals surface area contributed by atoms with Gasteiger partial charge in [0.25, 0.3) is 5.69 Å². The van der Waals surface area contributed by atoms with Crippen molar-refractivity contribution in [2.75, 3.05) is 13.1 Å². The third kappa shape index (κ3) is 3.81. The van der Waals surface area contributed by atoms with Crippen molar-refractivity contribution >= 4 is 11.6 Å². The van der Waals surface area contributed by atoms with Gasteiger partial charge >= 0.3 is 0 Å². The average Bonchev–Trinajstić information content (AvgIpc) is 2.36. The lowest BCUT2D eigenvalue weighted by Crippen LogP contribution is -2.34. The van der Waals surface area contributed by atoms with Gasteiger partial charge in [-0.1, -0.05) is 18.2 Å². The summed E-state index contributed by atoms with van der Waals surface area (Å²) in [6.45, 7) is 4.34. The highest BCUT2D eigenvalue weighted by atomic mass is 16.6. The second-order valence-corrected chi connectivity index (χ2v) is 3.87. The molecule has 2 N–H and O–H groups in total. The minimum Gasteiger partial charge on any atom is -0.355 e. The summed E-state index contributed by atoms with van der Waals surface area (Å²) in [5.41, 5.74) is 0.639. The number of carbonyl (C=O) groups excluding carboxylic acids is 1. The summed E-state index contributed by atoms with van der Waals surface area (Å²) in [4.78, 5) is 21.7. The van der Waals surface area contributed by atoms with Crippen molar-refractivity contribution in [3.05, 3.63) is 39.9 Å². The van der Waals surface area contributed by atoms with Crippen LogP contribution in [-0.4, -0.2) is 23.9 Å². The fourth-order valence-electron chi connectivity index (χ4n) is 1.64. The molecule has 0 aliphatic heterocycles. The van der Waals surface area contributed by atoms with Gasteiger partial charge in [-0.25, -0.2) is 0 Å². The molecule has 0 radical (unpaired) electrons. The summed E-state index contributed by atoms with van der Waals surface area (Å²) < 4.78 is 0. The topological polar surface area (TPSA) is 84.3 Å². The van der Waals surface area contributed by atoms with Gasteiger partial charge in [-0.05, 0) is 13.8 Å². The van der Waals surface area contributed by atoms with Crippen LogP contribution in [0.15, 0.2) is 24.3 Å². The number of nitro benzene ring substituents is 1. The van der Waals surface area contributed by atoms with E-state index in [1.165, 1.54) is 6.07 Å². The summed E-state index contributed by atoms with van der Waals surface area (Å²) >= 11 is 0. The van der Waals surface area contributed by atoms with Crippen LogP contribution in [-0.2, 0) is 4.79 Å². The van der Waals surface area contributed by atoms with Gasteiger partial charge in [0.15, 0.2) is 0 Å². The van der Waals surface area contributed by atoms with Gasteiger partial charge in [0.05, 0.1) is 11.5 Å². The zero-order valence-corrected chi connectivity index (χ0v) is 10.5. The molecular formula is C12H17N3O3. The van der Waals surface area contributed by atoms with Gasteiger partial charge in [0.1, 0.15) is 0 Å². The van der Waals surface area contributed by atoms with Crippen molar-refractivity contribution in [1.82, 2.24) is 10.6 Å². The van der Waals surface area contributed by atoms with Crippen LogP contribution in [0.25, 0.3) is 0 Å². The Morgan fingerprint density at radius 3 is 2.72 bits per heavy atom. The molecule has 1 aromatic carbocycles. The highest BCUT2D eigenvalue weighted by molar-refractivity contribution is 5.77. The molecule has 0 bridgehead atoms. The second kappa shape index (κ2) is 6.70. The molecule has 1 atom stereocenters. The van der Waals surface area contributed by atoms with Crippen LogP contribution in [0.2, 0.25) is 0 Å². The third-order valence-corrected chi connectivity index (χ3v) is 2.54. The number of benzene rings is 1. The summed E-state index contributed by atoms with van der Waals surface area (Å²) in [6.07, 6.45) is 0. The number of likely N-dealkylation sites (N-methyl/N-ethyl adjacent to an activating group) is 1. The zero-order valence-electron chi connectivity index (χ0n) is 10.5. The van der Waals surface area contributed by atoms with E-state index in [1.807, 2.05) is 6.92 Å². The minimum atomic E-state index is -0.417. The molecular weight excluding hydrogens is 234 g/mol. The van der Waals surface area contributed by atoms with Gasteiger partial charge in [0.2, 0.25) is 5.91 Å². The molecule has 0 fully saturated rings. The van der Waals surface area contributed by atoms with Crippen molar-refractivity contribution in [3.8, 4) is 0 Å². The second-order valence-electron chi connectivity index (χ2n) is 3.87. The lowest BCUT2D eigenvalue weighted by molar-refractivity contribution is -0.385. The molecule has 0 saturated carbocycles. The maximum Gasteiger partial charge on any atom is 0.274 e. The molecule has 6 nitrogen and oxygen atoms in total. The van der Waals surface area contributed by atoms with Crippen LogP contribution in [0, 0.1) is 10.1 Å². The highest BCUT2D eigenvalue weighted by Gasteiger charge is 2.18. The first-order chi connectivity index (χ1) is 8.56. The minimum absolute atomic E-state index is 0.0633. The third-order valence-electron chi connectivity index (χ3n) is 2.54. The Hall–Kier alpha value is -1.95. The van der Waals surface area contributed by atoms with E-state index in [4.69, 9.17) is 0 Å². The van der Waals surface area contributed by atoms with E-state index in [0.717, 1.165) is 0 Å². The Morgan fingerprint density at radius 1 is 1.44 bits per heavy atom. The summed E-state index contributed by atoms with van der Waals surface area (Å²) in [5, 5.41) is 16.5. The monoisotopic (exact) mass is 251 g/mol.